The normalized spacial score (nSPS) is 11.8. The molecular formula is C23H21F3N4O2. The van der Waals surface area contributed by atoms with Crippen molar-refractivity contribution < 1.29 is 23.0 Å². The van der Waals surface area contributed by atoms with Gasteiger partial charge in [-0.2, -0.15) is 13.2 Å². The number of nitrogens with one attached hydrogen (secondary N) is 1. The number of halogens is 3. The Morgan fingerprint density at radius 2 is 1.81 bits per heavy atom. The van der Waals surface area contributed by atoms with Crippen molar-refractivity contribution in [2.75, 3.05) is 31.7 Å². The molecule has 166 valence electrons. The van der Waals surface area contributed by atoms with Gasteiger partial charge in [-0.15, -0.1) is 0 Å². The summed E-state index contributed by atoms with van der Waals surface area (Å²) in [6.07, 6.45) is -1.30. The van der Waals surface area contributed by atoms with E-state index in [1.807, 2.05) is 30.3 Å². The van der Waals surface area contributed by atoms with Gasteiger partial charge < -0.3 is 19.7 Å². The van der Waals surface area contributed by atoms with Gasteiger partial charge in [0.1, 0.15) is 12.1 Å². The second kappa shape index (κ2) is 9.37. The summed E-state index contributed by atoms with van der Waals surface area (Å²) < 4.78 is 46.8. The minimum atomic E-state index is -4.45. The Morgan fingerprint density at radius 1 is 1.00 bits per heavy atom. The highest BCUT2D eigenvalue weighted by molar-refractivity contribution is 6.02. The van der Waals surface area contributed by atoms with Crippen LogP contribution >= 0.6 is 0 Å². The van der Waals surface area contributed by atoms with Crippen molar-refractivity contribution in [3.8, 4) is 16.8 Å². The Bertz CT molecular complexity index is 1190. The molecule has 0 fully saturated rings. The molecule has 0 aliphatic heterocycles. The molecule has 0 unspecified atom stereocenters. The van der Waals surface area contributed by atoms with Crippen LogP contribution in [0.2, 0.25) is 0 Å². The highest BCUT2D eigenvalue weighted by Gasteiger charge is 2.30. The Morgan fingerprint density at radius 3 is 2.56 bits per heavy atom. The van der Waals surface area contributed by atoms with E-state index in [1.54, 1.807) is 16.8 Å². The number of benzene rings is 2. The fourth-order valence-corrected chi connectivity index (χ4v) is 3.47. The first-order valence-corrected chi connectivity index (χ1v) is 10.0. The molecule has 0 aliphatic rings. The molecule has 0 bridgehead atoms. The van der Waals surface area contributed by atoms with Crippen LogP contribution in [0.15, 0.2) is 67.1 Å². The van der Waals surface area contributed by atoms with Crippen molar-refractivity contribution in [1.29, 1.82) is 0 Å². The minimum Gasteiger partial charge on any atom is -0.394 e. The summed E-state index contributed by atoms with van der Waals surface area (Å²) in [4.78, 5) is 8.73. The van der Waals surface area contributed by atoms with Gasteiger partial charge in [-0.1, -0.05) is 36.4 Å². The van der Waals surface area contributed by atoms with Crippen LogP contribution in [0, 0.1) is 0 Å². The summed E-state index contributed by atoms with van der Waals surface area (Å²) in [7, 11) is 0. The van der Waals surface area contributed by atoms with Crippen molar-refractivity contribution >= 4 is 16.9 Å². The molecule has 0 spiro atoms. The van der Waals surface area contributed by atoms with Crippen LogP contribution < -0.4 is 5.32 Å². The first kappa shape index (κ1) is 21.8. The second-order valence-electron chi connectivity index (χ2n) is 7.01. The van der Waals surface area contributed by atoms with Gasteiger partial charge in [0.2, 0.25) is 0 Å². The molecule has 2 N–H and O–H groups in total. The molecule has 4 aromatic rings. The second-order valence-corrected chi connectivity index (χ2v) is 7.01. The zero-order valence-electron chi connectivity index (χ0n) is 17.0. The summed E-state index contributed by atoms with van der Waals surface area (Å²) in [6, 6.07) is 14.7. The van der Waals surface area contributed by atoms with E-state index in [1.165, 1.54) is 12.4 Å². The van der Waals surface area contributed by atoms with Gasteiger partial charge in [0.25, 0.3) is 0 Å². The summed E-state index contributed by atoms with van der Waals surface area (Å²) in [5, 5.41) is 12.7. The molecule has 0 atom stereocenters. The number of fused-ring (bicyclic) bond motifs is 1. The maximum atomic E-state index is 13.3. The van der Waals surface area contributed by atoms with Gasteiger partial charge in [-0.25, -0.2) is 9.97 Å². The lowest BCUT2D eigenvalue weighted by Gasteiger charge is -2.11. The van der Waals surface area contributed by atoms with E-state index in [-0.39, 0.29) is 13.2 Å². The third-order valence-corrected chi connectivity index (χ3v) is 4.89. The molecule has 0 saturated carbocycles. The Balaban J connectivity index is 1.82. The number of nitrogens with zero attached hydrogens (tertiary/aromatic N) is 3. The smallest absolute Gasteiger partial charge is 0.394 e. The van der Waals surface area contributed by atoms with Crippen molar-refractivity contribution in [3.05, 3.63) is 72.7 Å². The standard InChI is InChI=1S/C23H21F3N4O2/c24-23(25,26)17-7-4-8-18(13-17)30-14-19(16-5-2-1-3-6-16)20-21(28-15-29-22(20)30)27-9-11-32-12-10-31/h1-8,13-15,31H,9-12H2,(H,27,28,29). The molecule has 2 heterocycles. The van der Waals surface area contributed by atoms with E-state index in [4.69, 9.17) is 9.84 Å². The number of aliphatic hydroxyl groups excluding tert-OH is 1. The minimum absolute atomic E-state index is 0.0598. The molecule has 0 aliphatic carbocycles. The van der Waals surface area contributed by atoms with E-state index in [9.17, 15) is 13.2 Å². The van der Waals surface area contributed by atoms with Crippen LogP contribution in [0.1, 0.15) is 5.56 Å². The van der Waals surface area contributed by atoms with Crippen molar-refractivity contribution in [1.82, 2.24) is 14.5 Å². The molecule has 0 saturated heterocycles. The average molecular weight is 442 g/mol. The summed E-state index contributed by atoms with van der Waals surface area (Å²) in [5.41, 5.74) is 1.78. The van der Waals surface area contributed by atoms with Crippen molar-refractivity contribution in [3.63, 3.8) is 0 Å². The van der Waals surface area contributed by atoms with Crippen molar-refractivity contribution in [2.45, 2.75) is 6.18 Å². The molecular weight excluding hydrogens is 421 g/mol. The number of alkyl halides is 3. The van der Waals surface area contributed by atoms with E-state index in [0.717, 1.165) is 23.3 Å². The third kappa shape index (κ3) is 4.58. The monoisotopic (exact) mass is 442 g/mol. The maximum absolute atomic E-state index is 13.3. The summed E-state index contributed by atoms with van der Waals surface area (Å²) in [6.45, 7) is 0.980. The Labute approximate surface area is 182 Å². The zero-order chi connectivity index (χ0) is 22.6. The maximum Gasteiger partial charge on any atom is 0.416 e. The fraction of sp³-hybridized carbons (Fsp3) is 0.217. The first-order chi connectivity index (χ1) is 15.5. The predicted molar refractivity (Wildman–Crippen MR) is 116 cm³/mol. The number of ether oxygens (including phenoxy) is 1. The highest BCUT2D eigenvalue weighted by Crippen LogP contribution is 2.36. The predicted octanol–water partition coefficient (Wildman–Crippen LogP) is 4.53. The van der Waals surface area contributed by atoms with Crippen LogP contribution in [0.25, 0.3) is 27.8 Å². The van der Waals surface area contributed by atoms with E-state index in [2.05, 4.69) is 15.3 Å². The molecule has 2 aromatic heterocycles. The molecule has 0 radical (unpaired) electrons. The van der Waals surface area contributed by atoms with E-state index >= 15 is 0 Å². The van der Waals surface area contributed by atoms with Gasteiger partial charge in [0, 0.05) is 24.0 Å². The average Bonchev–Trinajstić information content (AvgIpc) is 3.20. The lowest BCUT2D eigenvalue weighted by atomic mass is 10.1. The first-order valence-electron chi connectivity index (χ1n) is 10.0. The van der Waals surface area contributed by atoms with E-state index < -0.39 is 11.7 Å². The van der Waals surface area contributed by atoms with Gasteiger partial charge >= 0.3 is 6.18 Å². The van der Waals surface area contributed by atoms with Crippen molar-refractivity contribution in [2.24, 2.45) is 0 Å². The Kier molecular flexibility index (Phi) is 6.38. The number of anilines is 1. The molecule has 32 heavy (non-hydrogen) atoms. The van der Waals surface area contributed by atoms with E-state index in [0.29, 0.717) is 35.7 Å². The third-order valence-electron chi connectivity index (χ3n) is 4.89. The molecule has 2 aromatic carbocycles. The summed E-state index contributed by atoms with van der Waals surface area (Å²) in [5.74, 6) is 0.548. The molecule has 4 rings (SSSR count). The number of aromatic nitrogens is 3. The lowest BCUT2D eigenvalue weighted by Crippen LogP contribution is -2.12. The molecule has 6 nitrogen and oxygen atoms in total. The Hall–Kier alpha value is -3.43. The lowest BCUT2D eigenvalue weighted by molar-refractivity contribution is -0.137. The summed E-state index contributed by atoms with van der Waals surface area (Å²) >= 11 is 0. The van der Waals surface area contributed by atoms with Crippen LogP contribution in [0.3, 0.4) is 0 Å². The van der Waals surface area contributed by atoms with Crippen LogP contribution in [0.4, 0.5) is 19.0 Å². The van der Waals surface area contributed by atoms with Crippen LogP contribution in [-0.4, -0.2) is 46.0 Å². The number of aliphatic hydroxyl groups is 1. The quantitative estimate of drug-likeness (QED) is 0.393. The SMILES string of the molecule is OCCOCCNc1ncnc2c1c(-c1ccccc1)cn2-c1cccc(C(F)(F)F)c1. The molecule has 9 heteroatoms. The van der Waals surface area contributed by atoms with Gasteiger partial charge in [0.05, 0.1) is 30.8 Å². The van der Waals surface area contributed by atoms with Gasteiger partial charge in [-0.05, 0) is 23.8 Å². The zero-order valence-corrected chi connectivity index (χ0v) is 17.0. The fourth-order valence-electron chi connectivity index (χ4n) is 3.47. The van der Waals surface area contributed by atoms with Gasteiger partial charge in [-0.3, -0.25) is 0 Å². The number of hydrogen-bond donors (Lipinski definition) is 2. The highest BCUT2D eigenvalue weighted by atomic mass is 19.4. The number of rotatable bonds is 8. The molecule has 0 amide bonds. The number of hydrogen-bond acceptors (Lipinski definition) is 5. The largest absolute Gasteiger partial charge is 0.416 e. The van der Waals surface area contributed by atoms with Crippen LogP contribution in [-0.2, 0) is 10.9 Å². The topological polar surface area (TPSA) is 72.2 Å². The van der Waals surface area contributed by atoms with Gasteiger partial charge in [0.15, 0.2) is 5.65 Å². The van der Waals surface area contributed by atoms with Crippen LogP contribution in [0.5, 0.6) is 0 Å².